The van der Waals surface area contributed by atoms with Crippen molar-refractivity contribution in [3.05, 3.63) is 54.3 Å². The molecule has 23 heavy (non-hydrogen) atoms. The third-order valence-electron chi connectivity index (χ3n) is 2.18. The van der Waals surface area contributed by atoms with Crippen LogP contribution in [0.1, 0.15) is 0 Å². The number of halogens is 4. The first-order chi connectivity index (χ1) is 10.5. The lowest BCUT2D eigenvalue weighted by Gasteiger charge is -2.01. The van der Waals surface area contributed by atoms with Crippen molar-refractivity contribution in [2.45, 2.75) is 15.3 Å². The summed E-state index contributed by atoms with van der Waals surface area (Å²) in [4.78, 5) is 1.99. The van der Waals surface area contributed by atoms with Crippen LogP contribution in [-0.2, 0) is 10.1 Å². The number of rotatable bonds is 2. The summed E-state index contributed by atoms with van der Waals surface area (Å²) in [6.45, 7) is 0. The van der Waals surface area contributed by atoms with E-state index in [-0.39, 0.29) is 11.6 Å². The summed E-state index contributed by atoms with van der Waals surface area (Å²) in [6, 6.07) is 13.2. The van der Waals surface area contributed by atoms with Crippen molar-refractivity contribution in [2.24, 2.45) is 0 Å². The number of hydrogen-bond acceptors (Lipinski definition) is 4. The van der Waals surface area contributed by atoms with E-state index in [1.54, 1.807) is 24.3 Å². The van der Waals surface area contributed by atoms with Crippen molar-refractivity contribution in [3.8, 4) is 5.75 Å². The fraction of sp³-hybridized carbons (Fsp3) is 0.0769. The van der Waals surface area contributed by atoms with E-state index in [1.807, 2.05) is 12.1 Å². The molecule has 0 aliphatic rings. The zero-order valence-electron chi connectivity index (χ0n) is 11.2. The van der Waals surface area contributed by atoms with Gasteiger partial charge in [0.1, 0.15) is 11.6 Å². The Kier molecular flexibility index (Phi) is 6.42. The Morgan fingerprint density at radius 2 is 1.22 bits per heavy atom. The van der Waals surface area contributed by atoms with Crippen LogP contribution in [0.25, 0.3) is 0 Å². The van der Waals surface area contributed by atoms with Crippen LogP contribution in [0.15, 0.2) is 58.3 Å². The summed E-state index contributed by atoms with van der Waals surface area (Å²) in [5.41, 5.74) is -5.53. The highest BCUT2D eigenvalue weighted by Crippen LogP contribution is 2.28. The molecule has 0 aliphatic heterocycles. The number of benzene rings is 2. The van der Waals surface area contributed by atoms with E-state index in [1.165, 1.54) is 23.9 Å². The summed E-state index contributed by atoms with van der Waals surface area (Å²) in [7, 11) is -5.84. The van der Waals surface area contributed by atoms with Crippen LogP contribution in [0.4, 0.5) is 17.6 Å². The molecule has 0 amide bonds. The molecule has 2 aromatic carbocycles. The van der Waals surface area contributed by atoms with E-state index in [2.05, 4.69) is 0 Å². The van der Waals surface area contributed by atoms with Gasteiger partial charge >= 0.3 is 15.6 Å². The first kappa shape index (κ1) is 19.3. The first-order valence-corrected chi connectivity index (χ1v) is 8.01. The van der Waals surface area contributed by atoms with Crippen molar-refractivity contribution in [1.82, 2.24) is 0 Å². The summed E-state index contributed by atoms with van der Waals surface area (Å²) < 4.78 is 70.2. The molecule has 0 fully saturated rings. The zero-order chi connectivity index (χ0) is 17.7. The average Bonchev–Trinajstić information content (AvgIpc) is 2.42. The lowest BCUT2D eigenvalue weighted by atomic mass is 10.3. The molecule has 0 heterocycles. The molecular weight excluding hydrogens is 360 g/mol. The molecule has 0 unspecified atom stereocenters. The second kappa shape index (κ2) is 7.66. The molecule has 0 spiro atoms. The molecule has 0 aromatic heterocycles. The molecule has 0 bridgehead atoms. The number of phenols is 1. The number of hydrogen-bond donors (Lipinski definition) is 2. The summed E-state index contributed by atoms with van der Waals surface area (Å²) in [5.74, 6) is 0.0171. The molecule has 0 saturated carbocycles. The minimum atomic E-state index is -5.84. The third-order valence-corrected chi connectivity index (χ3v) is 3.78. The van der Waals surface area contributed by atoms with E-state index in [0.29, 0.717) is 0 Å². The van der Waals surface area contributed by atoms with Gasteiger partial charge in [0.2, 0.25) is 0 Å². The highest BCUT2D eigenvalue weighted by atomic mass is 32.2. The second-order valence-electron chi connectivity index (χ2n) is 3.97. The van der Waals surface area contributed by atoms with Gasteiger partial charge in [0, 0.05) is 9.79 Å². The molecule has 2 N–H and O–H groups in total. The van der Waals surface area contributed by atoms with Gasteiger partial charge < -0.3 is 5.11 Å². The predicted octanol–water partition coefficient (Wildman–Crippen LogP) is 4.08. The molecule has 0 atom stereocenters. The van der Waals surface area contributed by atoms with E-state index >= 15 is 0 Å². The van der Waals surface area contributed by atoms with Crippen molar-refractivity contribution in [3.63, 3.8) is 0 Å². The quantitative estimate of drug-likeness (QED) is 0.473. The van der Waals surface area contributed by atoms with Gasteiger partial charge in [-0.1, -0.05) is 11.8 Å². The zero-order valence-corrected chi connectivity index (χ0v) is 12.8. The minimum Gasteiger partial charge on any atom is -0.508 e. The highest BCUT2D eigenvalue weighted by molar-refractivity contribution is 7.99. The fourth-order valence-electron chi connectivity index (χ4n) is 1.15. The third kappa shape index (κ3) is 6.89. The monoisotopic (exact) mass is 370 g/mol. The Labute approximate surface area is 133 Å². The summed E-state index contributed by atoms with van der Waals surface area (Å²) in [6.07, 6.45) is 0. The van der Waals surface area contributed by atoms with E-state index in [0.717, 1.165) is 9.79 Å². The maximum atomic E-state index is 12.6. The van der Waals surface area contributed by atoms with Gasteiger partial charge in [-0.2, -0.15) is 21.6 Å². The van der Waals surface area contributed by atoms with E-state index in [9.17, 15) is 17.6 Å². The lowest BCUT2D eigenvalue weighted by Crippen LogP contribution is -2.21. The van der Waals surface area contributed by atoms with Gasteiger partial charge in [0.25, 0.3) is 0 Å². The summed E-state index contributed by atoms with van der Waals surface area (Å²) in [5, 5.41) is 9.10. The van der Waals surface area contributed by atoms with Gasteiger partial charge in [-0.05, 0) is 48.5 Å². The van der Waals surface area contributed by atoms with Gasteiger partial charge in [-0.3, -0.25) is 4.55 Å². The normalized spacial score (nSPS) is 11.5. The van der Waals surface area contributed by atoms with Crippen LogP contribution in [0.2, 0.25) is 0 Å². The molecule has 0 radical (unpaired) electrons. The molecule has 2 aromatic rings. The van der Waals surface area contributed by atoms with Crippen molar-refractivity contribution in [1.29, 1.82) is 0 Å². The Morgan fingerprint density at radius 3 is 1.57 bits per heavy atom. The predicted molar refractivity (Wildman–Crippen MR) is 76.2 cm³/mol. The number of aromatic hydroxyl groups is 1. The molecule has 0 aliphatic carbocycles. The topological polar surface area (TPSA) is 74.6 Å². The highest BCUT2D eigenvalue weighted by Gasteiger charge is 2.44. The summed E-state index contributed by atoms with van der Waals surface area (Å²) >= 11 is 1.53. The van der Waals surface area contributed by atoms with E-state index < -0.39 is 15.6 Å². The fourth-order valence-corrected chi connectivity index (χ4v) is 1.97. The molecular formula is C13H10F4O4S2. The maximum absolute atomic E-state index is 12.6. The molecule has 0 saturated heterocycles. The largest absolute Gasteiger partial charge is 0.522 e. The van der Waals surface area contributed by atoms with Gasteiger partial charge in [-0.15, -0.1) is 0 Å². The standard InChI is InChI=1S/C12H9FOS.CHF3O3S/c13-9-1-5-11(6-2-9)15-12-7-3-10(14)4-8-12;2-1(3,4)8(5,6)7/h1-8,14H;(H,5,6,7). The Bertz CT molecular complexity index is 683. The Morgan fingerprint density at radius 1 is 0.870 bits per heavy atom. The second-order valence-corrected chi connectivity index (χ2v) is 6.53. The lowest BCUT2D eigenvalue weighted by molar-refractivity contribution is -0.0510. The molecule has 2 rings (SSSR count). The van der Waals surface area contributed by atoms with Crippen LogP contribution in [0.5, 0.6) is 5.75 Å². The van der Waals surface area contributed by atoms with Gasteiger partial charge in [-0.25, -0.2) is 4.39 Å². The first-order valence-electron chi connectivity index (χ1n) is 5.75. The molecule has 126 valence electrons. The van der Waals surface area contributed by atoms with E-state index in [4.69, 9.17) is 18.1 Å². The number of alkyl halides is 3. The van der Waals surface area contributed by atoms with Crippen LogP contribution >= 0.6 is 11.8 Å². The molecule has 4 nitrogen and oxygen atoms in total. The van der Waals surface area contributed by atoms with Gasteiger partial charge in [0.05, 0.1) is 0 Å². The van der Waals surface area contributed by atoms with Crippen molar-refractivity contribution >= 4 is 21.9 Å². The average molecular weight is 370 g/mol. The number of phenolic OH excluding ortho intramolecular Hbond substituents is 1. The maximum Gasteiger partial charge on any atom is 0.522 e. The Balaban J connectivity index is 0.000000284. The SMILES string of the molecule is O=S(=O)(O)C(F)(F)F.Oc1ccc(Sc2ccc(F)cc2)cc1. The van der Waals surface area contributed by atoms with Crippen LogP contribution in [-0.4, -0.2) is 23.6 Å². The van der Waals surface area contributed by atoms with Crippen LogP contribution in [0, 0.1) is 5.82 Å². The van der Waals surface area contributed by atoms with Crippen molar-refractivity contribution < 1.29 is 35.6 Å². The molecule has 10 heteroatoms. The smallest absolute Gasteiger partial charge is 0.508 e. The minimum absolute atomic E-state index is 0.231. The van der Waals surface area contributed by atoms with Crippen molar-refractivity contribution in [2.75, 3.05) is 0 Å². The van der Waals surface area contributed by atoms with Crippen LogP contribution in [0.3, 0.4) is 0 Å². The van der Waals surface area contributed by atoms with Gasteiger partial charge in [0.15, 0.2) is 0 Å². The Hall–Kier alpha value is -1.78. The van der Waals surface area contributed by atoms with Crippen LogP contribution < -0.4 is 0 Å².